The van der Waals surface area contributed by atoms with Crippen LogP contribution in [0.2, 0.25) is 0 Å². The average Bonchev–Trinajstić information content (AvgIpc) is 2.68. The van der Waals surface area contributed by atoms with Crippen LogP contribution in [0.15, 0.2) is 24.1 Å². The highest BCUT2D eigenvalue weighted by Crippen LogP contribution is 2.19. The third kappa shape index (κ3) is 2.26. The highest BCUT2D eigenvalue weighted by atomic mass is 32.1. The van der Waals surface area contributed by atoms with Crippen molar-refractivity contribution in [2.24, 2.45) is 0 Å². The molecule has 0 fully saturated rings. The Hall–Kier alpha value is -2.02. The lowest BCUT2D eigenvalue weighted by molar-refractivity contribution is 0.0691. The Morgan fingerprint density at radius 2 is 2.13 bits per heavy atom. The largest absolute Gasteiger partial charge is 0.476 e. The third-order valence-corrected chi connectivity index (χ3v) is 2.29. The van der Waals surface area contributed by atoms with Crippen molar-refractivity contribution in [2.75, 3.05) is 5.32 Å². The SMILES string of the molecule is O=C(O)c1csc(Nc2cncnc2)n1. The van der Waals surface area contributed by atoms with Gasteiger partial charge in [-0.1, -0.05) is 0 Å². The first kappa shape index (κ1) is 9.53. The summed E-state index contributed by atoms with van der Waals surface area (Å²) in [7, 11) is 0. The highest BCUT2D eigenvalue weighted by molar-refractivity contribution is 7.14. The summed E-state index contributed by atoms with van der Waals surface area (Å²) in [5.74, 6) is -1.04. The number of carboxylic acids is 1. The lowest BCUT2D eigenvalue weighted by atomic mass is 10.5. The van der Waals surface area contributed by atoms with Crippen molar-refractivity contribution in [2.45, 2.75) is 0 Å². The Balaban J connectivity index is 2.15. The highest BCUT2D eigenvalue weighted by Gasteiger charge is 2.08. The van der Waals surface area contributed by atoms with E-state index in [4.69, 9.17) is 5.11 Å². The zero-order valence-corrected chi connectivity index (χ0v) is 8.23. The quantitative estimate of drug-likeness (QED) is 0.815. The smallest absolute Gasteiger partial charge is 0.355 e. The molecule has 0 saturated carbocycles. The molecule has 76 valence electrons. The zero-order chi connectivity index (χ0) is 10.7. The first-order chi connectivity index (χ1) is 7.25. The number of carbonyl (C=O) groups is 1. The van der Waals surface area contributed by atoms with Gasteiger partial charge in [0.2, 0.25) is 0 Å². The summed E-state index contributed by atoms with van der Waals surface area (Å²) in [6, 6.07) is 0. The van der Waals surface area contributed by atoms with Crippen LogP contribution in [0.4, 0.5) is 10.8 Å². The Morgan fingerprint density at radius 1 is 1.40 bits per heavy atom. The van der Waals surface area contributed by atoms with E-state index in [9.17, 15) is 4.79 Å². The van der Waals surface area contributed by atoms with Gasteiger partial charge in [0.1, 0.15) is 6.33 Å². The molecule has 0 atom stereocenters. The van der Waals surface area contributed by atoms with Gasteiger partial charge in [-0.05, 0) is 0 Å². The standard InChI is InChI=1S/C8H6N4O2S/c13-7(14)6-3-15-8(12-6)11-5-1-9-4-10-2-5/h1-4H,(H,11,12)(H,13,14). The molecule has 0 aromatic carbocycles. The second-order valence-corrected chi connectivity index (χ2v) is 3.45. The molecule has 2 heterocycles. The molecule has 0 unspecified atom stereocenters. The van der Waals surface area contributed by atoms with Gasteiger partial charge in [-0.25, -0.2) is 19.7 Å². The van der Waals surface area contributed by atoms with Crippen molar-refractivity contribution in [1.82, 2.24) is 15.0 Å². The lowest BCUT2D eigenvalue weighted by Gasteiger charge is -1.98. The Morgan fingerprint density at radius 3 is 2.73 bits per heavy atom. The van der Waals surface area contributed by atoms with Crippen LogP contribution in [-0.4, -0.2) is 26.0 Å². The van der Waals surface area contributed by atoms with Gasteiger partial charge in [0.05, 0.1) is 18.1 Å². The minimum Gasteiger partial charge on any atom is -0.476 e. The van der Waals surface area contributed by atoms with E-state index in [2.05, 4.69) is 20.3 Å². The topological polar surface area (TPSA) is 88.0 Å². The van der Waals surface area contributed by atoms with Gasteiger partial charge in [0.25, 0.3) is 0 Å². The average molecular weight is 222 g/mol. The van der Waals surface area contributed by atoms with Crippen LogP contribution < -0.4 is 5.32 Å². The zero-order valence-electron chi connectivity index (χ0n) is 7.41. The summed E-state index contributed by atoms with van der Waals surface area (Å²) < 4.78 is 0. The molecular formula is C8H6N4O2S. The predicted molar refractivity (Wildman–Crippen MR) is 54.4 cm³/mol. The second-order valence-electron chi connectivity index (χ2n) is 2.60. The van der Waals surface area contributed by atoms with Crippen LogP contribution >= 0.6 is 11.3 Å². The lowest BCUT2D eigenvalue weighted by Crippen LogP contribution is -1.97. The summed E-state index contributed by atoms with van der Waals surface area (Å²) >= 11 is 1.21. The maximum Gasteiger partial charge on any atom is 0.355 e. The molecule has 0 radical (unpaired) electrons. The molecule has 2 rings (SSSR count). The minimum atomic E-state index is -1.04. The van der Waals surface area contributed by atoms with Crippen molar-refractivity contribution >= 4 is 28.1 Å². The van der Waals surface area contributed by atoms with Crippen molar-refractivity contribution in [1.29, 1.82) is 0 Å². The molecule has 0 aliphatic rings. The van der Waals surface area contributed by atoms with Crippen LogP contribution in [0.25, 0.3) is 0 Å². The summed E-state index contributed by atoms with van der Waals surface area (Å²) in [5, 5.41) is 13.5. The number of aromatic nitrogens is 3. The van der Waals surface area contributed by atoms with E-state index in [1.54, 1.807) is 12.4 Å². The number of thiazole rings is 1. The van der Waals surface area contributed by atoms with Gasteiger partial charge in [-0.2, -0.15) is 0 Å². The molecule has 0 aliphatic heterocycles. The van der Waals surface area contributed by atoms with Crippen LogP contribution in [-0.2, 0) is 0 Å². The van der Waals surface area contributed by atoms with E-state index < -0.39 is 5.97 Å². The van der Waals surface area contributed by atoms with Gasteiger partial charge in [-0.15, -0.1) is 11.3 Å². The number of rotatable bonds is 3. The van der Waals surface area contributed by atoms with Gasteiger partial charge in [-0.3, -0.25) is 0 Å². The van der Waals surface area contributed by atoms with E-state index in [1.165, 1.54) is 23.0 Å². The first-order valence-corrected chi connectivity index (χ1v) is 4.84. The molecule has 0 amide bonds. The molecule has 6 nitrogen and oxygen atoms in total. The molecule has 0 saturated heterocycles. The second kappa shape index (κ2) is 4.01. The fourth-order valence-electron chi connectivity index (χ4n) is 0.916. The maximum absolute atomic E-state index is 10.6. The Kier molecular flexibility index (Phi) is 2.55. The van der Waals surface area contributed by atoms with E-state index in [1.807, 2.05) is 0 Å². The monoisotopic (exact) mass is 222 g/mol. The molecule has 0 spiro atoms. The van der Waals surface area contributed by atoms with Crippen LogP contribution in [0, 0.1) is 0 Å². The van der Waals surface area contributed by atoms with Gasteiger partial charge in [0, 0.05) is 5.38 Å². The number of nitrogens with one attached hydrogen (secondary N) is 1. The fourth-order valence-corrected chi connectivity index (χ4v) is 1.62. The first-order valence-electron chi connectivity index (χ1n) is 3.96. The molecule has 2 aromatic heterocycles. The third-order valence-electron chi connectivity index (χ3n) is 1.54. The predicted octanol–water partition coefficient (Wildman–Crippen LogP) is 1.37. The molecular weight excluding hydrogens is 216 g/mol. The molecule has 0 aliphatic carbocycles. The van der Waals surface area contributed by atoms with E-state index in [-0.39, 0.29) is 5.69 Å². The number of aromatic carboxylic acids is 1. The Labute approximate surface area is 88.7 Å². The van der Waals surface area contributed by atoms with Crippen LogP contribution in [0.5, 0.6) is 0 Å². The minimum absolute atomic E-state index is 0.0272. The van der Waals surface area contributed by atoms with Crippen LogP contribution in [0.1, 0.15) is 10.5 Å². The van der Waals surface area contributed by atoms with Gasteiger partial charge >= 0.3 is 5.97 Å². The van der Waals surface area contributed by atoms with Crippen molar-refractivity contribution in [3.8, 4) is 0 Å². The number of nitrogens with zero attached hydrogens (tertiary/aromatic N) is 3. The Bertz CT molecular complexity index is 471. The summed E-state index contributed by atoms with van der Waals surface area (Å²) in [6.07, 6.45) is 4.57. The fraction of sp³-hybridized carbons (Fsp3) is 0. The number of hydrogen-bond acceptors (Lipinski definition) is 6. The normalized spacial score (nSPS) is 9.87. The molecule has 2 aromatic rings. The van der Waals surface area contributed by atoms with Gasteiger partial charge in [0.15, 0.2) is 10.8 Å². The summed E-state index contributed by atoms with van der Waals surface area (Å²) in [6.45, 7) is 0. The van der Waals surface area contributed by atoms with Crippen molar-refractivity contribution < 1.29 is 9.90 Å². The van der Waals surface area contributed by atoms with E-state index >= 15 is 0 Å². The number of hydrogen-bond donors (Lipinski definition) is 2. The summed E-state index contributed by atoms with van der Waals surface area (Å²) in [4.78, 5) is 22.0. The maximum atomic E-state index is 10.6. The van der Waals surface area contributed by atoms with Crippen molar-refractivity contribution in [3.05, 3.63) is 29.8 Å². The number of anilines is 2. The summed E-state index contributed by atoms with van der Waals surface area (Å²) in [5.41, 5.74) is 0.697. The molecule has 7 heteroatoms. The number of carboxylic acid groups (broad SMARTS) is 1. The molecule has 15 heavy (non-hydrogen) atoms. The van der Waals surface area contributed by atoms with E-state index in [0.717, 1.165) is 0 Å². The van der Waals surface area contributed by atoms with Crippen molar-refractivity contribution in [3.63, 3.8) is 0 Å². The van der Waals surface area contributed by atoms with Gasteiger partial charge < -0.3 is 10.4 Å². The van der Waals surface area contributed by atoms with Crippen LogP contribution in [0.3, 0.4) is 0 Å². The van der Waals surface area contributed by atoms with E-state index in [0.29, 0.717) is 10.8 Å². The molecule has 2 N–H and O–H groups in total. The molecule has 0 bridgehead atoms.